The van der Waals surface area contributed by atoms with Crippen molar-refractivity contribution in [3.05, 3.63) is 41.6 Å². The monoisotopic (exact) mass is 215 g/mol. The summed E-state index contributed by atoms with van der Waals surface area (Å²) >= 11 is 0. The largest absolute Gasteiger partial charge is 0.478 e. The fourth-order valence-corrected chi connectivity index (χ4v) is 1.63. The van der Waals surface area contributed by atoms with E-state index in [1.807, 2.05) is 6.07 Å². The van der Waals surface area contributed by atoms with E-state index in [1.54, 1.807) is 18.3 Å². The maximum atomic E-state index is 10.8. The van der Waals surface area contributed by atoms with Gasteiger partial charge in [-0.25, -0.2) is 4.79 Å². The molecule has 0 spiro atoms. The average molecular weight is 215 g/mol. The van der Waals surface area contributed by atoms with Gasteiger partial charge in [-0.15, -0.1) is 0 Å². The molecule has 0 saturated carbocycles. The number of aliphatic carboxylic acids is 1. The number of carbonyl (C=O) groups is 2. The molecule has 2 rings (SSSR count). The highest BCUT2D eigenvalue weighted by molar-refractivity contribution is 6.02. The molecule has 16 heavy (non-hydrogen) atoms. The van der Waals surface area contributed by atoms with Gasteiger partial charge in [-0.2, -0.15) is 0 Å². The van der Waals surface area contributed by atoms with Crippen molar-refractivity contribution < 1.29 is 14.7 Å². The van der Waals surface area contributed by atoms with Crippen LogP contribution in [0.1, 0.15) is 15.9 Å². The molecule has 1 aromatic carbocycles. The SMILES string of the molecule is O=Cc1c[nH]c2cccc(C=CC(=O)O)c12. The number of aromatic nitrogens is 1. The number of nitrogens with one attached hydrogen (secondary N) is 1. The number of aromatic amines is 1. The zero-order valence-electron chi connectivity index (χ0n) is 8.31. The molecule has 0 aliphatic rings. The van der Waals surface area contributed by atoms with Crippen molar-refractivity contribution in [2.24, 2.45) is 0 Å². The molecule has 0 aliphatic carbocycles. The fourth-order valence-electron chi connectivity index (χ4n) is 1.63. The van der Waals surface area contributed by atoms with Gasteiger partial charge in [-0.05, 0) is 17.7 Å². The molecule has 0 atom stereocenters. The number of hydrogen-bond acceptors (Lipinski definition) is 2. The summed E-state index contributed by atoms with van der Waals surface area (Å²) in [5.41, 5.74) is 2.05. The topological polar surface area (TPSA) is 70.2 Å². The number of carboxylic acids is 1. The number of aldehydes is 1. The van der Waals surface area contributed by atoms with Gasteiger partial charge in [0.15, 0.2) is 6.29 Å². The Morgan fingerprint density at radius 3 is 2.81 bits per heavy atom. The highest BCUT2D eigenvalue weighted by Crippen LogP contribution is 2.22. The van der Waals surface area contributed by atoms with Crippen LogP contribution in [0.4, 0.5) is 0 Å². The summed E-state index contributed by atoms with van der Waals surface area (Å²) < 4.78 is 0. The van der Waals surface area contributed by atoms with E-state index in [0.717, 1.165) is 23.3 Å². The van der Waals surface area contributed by atoms with Gasteiger partial charge in [0.05, 0.1) is 0 Å². The second-order valence-corrected chi connectivity index (χ2v) is 3.30. The molecule has 0 saturated heterocycles. The molecule has 1 heterocycles. The Balaban J connectivity index is 2.63. The van der Waals surface area contributed by atoms with Gasteiger partial charge in [0.1, 0.15) is 0 Å². The van der Waals surface area contributed by atoms with Gasteiger partial charge in [0.25, 0.3) is 0 Å². The van der Waals surface area contributed by atoms with Crippen LogP contribution in [0.3, 0.4) is 0 Å². The van der Waals surface area contributed by atoms with E-state index in [4.69, 9.17) is 5.11 Å². The number of carboxylic acid groups (broad SMARTS) is 1. The van der Waals surface area contributed by atoms with Crippen molar-refractivity contribution in [1.29, 1.82) is 0 Å². The van der Waals surface area contributed by atoms with E-state index in [9.17, 15) is 9.59 Å². The van der Waals surface area contributed by atoms with Crippen LogP contribution in [0.2, 0.25) is 0 Å². The molecule has 2 aromatic rings. The van der Waals surface area contributed by atoms with Crippen LogP contribution in [0, 0.1) is 0 Å². The molecular formula is C12H9NO3. The molecule has 0 bridgehead atoms. The summed E-state index contributed by atoms with van der Waals surface area (Å²) in [7, 11) is 0. The molecule has 0 radical (unpaired) electrons. The van der Waals surface area contributed by atoms with E-state index in [2.05, 4.69) is 4.98 Å². The van der Waals surface area contributed by atoms with E-state index >= 15 is 0 Å². The van der Waals surface area contributed by atoms with Gasteiger partial charge in [0, 0.05) is 28.7 Å². The quantitative estimate of drug-likeness (QED) is 0.608. The first-order chi connectivity index (χ1) is 7.72. The first-order valence-electron chi connectivity index (χ1n) is 4.68. The van der Waals surface area contributed by atoms with Crippen LogP contribution in [-0.4, -0.2) is 22.3 Å². The standard InChI is InChI=1S/C12H9NO3/c14-7-9-6-13-10-3-1-2-8(12(9)10)4-5-11(15)16/h1-7,13H,(H,15,16). The molecule has 0 amide bonds. The third kappa shape index (κ3) is 1.72. The number of rotatable bonds is 3. The van der Waals surface area contributed by atoms with Crippen molar-refractivity contribution >= 4 is 29.2 Å². The minimum absolute atomic E-state index is 0.528. The summed E-state index contributed by atoms with van der Waals surface area (Å²) in [6, 6.07) is 5.40. The van der Waals surface area contributed by atoms with E-state index < -0.39 is 5.97 Å². The van der Waals surface area contributed by atoms with Crippen molar-refractivity contribution in [3.8, 4) is 0 Å². The Hall–Kier alpha value is -2.36. The van der Waals surface area contributed by atoms with Gasteiger partial charge in [-0.3, -0.25) is 4.79 Å². The maximum absolute atomic E-state index is 10.8. The highest BCUT2D eigenvalue weighted by Gasteiger charge is 2.05. The lowest BCUT2D eigenvalue weighted by atomic mass is 10.1. The third-order valence-electron chi connectivity index (χ3n) is 2.30. The maximum Gasteiger partial charge on any atom is 0.328 e. The normalized spacial score (nSPS) is 11.0. The van der Waals surface area contributed by atoms with E-state index in [-0.39, 0.29) is 0 Å². The summed E-state index contributed by atoms with van der Waals surface area (Å²) in [6.45, 7) is 0. The number of fused-ring (bicyclic) bond motifs is 1. The van der Waals surface area contributed by atoms with E-state index in [0.29, 0.717) is 11.1 Å². The van der Waals surface area contributed by atoms with E-state index in [1.165, 1.54) is 6.08 Å². The van der Waals surface area contributed by atoms with Gasteiger partial charge < -0.3 is 10.1 Å². The molecule has 4 nitrogen and oxygen atoms in total. The van der Waals surface area contributed by atoms with Crippen molar-refractivity contribution in [3.63, 3.8) is 0 Å². The zero-order valence-corrected chi connectivity index (χ0v) is 8.31. The molecule has 80 valence electrons. The lowest BCUT2D eigenvalue weighted by molar-refractivity contribution is -0.131. The van der Waals surface area contributed by atoms with Gasteiger partial charge >= 0.3 is 5.97 Å². The molecule has 0 fully saturated rings. The highest BCUT2D eigenvalue weighted by atomic mass is 16.4. The average Bonchev–Trinajstić information content (AvgIpc) is 2.69. The predicted molar refractivity (Wildman–Crippen MR) is 60.4 cm³/mol. The molecule has 1 aromatic heterocycles. The number of benzene rings is 1. The Labute approximate surface area is 91.2 Å². The number of hydrogen-bond donors (Lipinski definition) is 2. The lowest BCUT2D eigenvalue weighted by Crippen LogP contribution is -1.86. The van der Waals surface area contributed by atoms with Gasteiger partial charge in [-0.1, -0.05) is 12.1 Å². The van der Waals surface area contributed by atoms with Crippen molar-refractivity contribution in [2.75, 3.05) is 0 Å². The third-order valence-corrected chi connectivity index (χ3v) is 2.30. The van der Waals surface area contributed by atoms with Crippen LogP contribution < -0.4 is 0 Å². The summed E-state index contributed by atoms with van der Waals surface area (Å²) in [5, 5.41) is 9.31. The van der Waals surface area contributed by atoms with Crippen LogP contribution >= 0.6 is 0 Å². The zero-order chi connectivity index (χ0) is 11.5. The predicted octanol–water partition coefficient (Wildman–Crippen LogP) is 2.08. The summed E-state index contributed by atoms with van der Waals surface area (Å²) in [6.07, 6.45) is 4.88. The first-order valence-corrected chi connectivity index (χ1v) is 4.68. The van der Waals surface area contributed by atoms with Crippen LogP contribution in [-0.2, 0) is 4.79 Å². The molecule has 0 unspecified atom stereocenters. The van der Waals surface area contributed by atoms with Crippen LogP contribution in [0.25, 0.3) is 17.0 Å². The Morgan fingerprint density at radius 2 is 2.12 bits per heavy atom. The Kier molecular flexibility index (Phi) is 2.55. The molecule has 0 aliphatic heterocycles. The van der Waals surface area contributed by atoms with Gasteiger partial charge in [0.2, 0.25) is 0 Å². The number of carbonyl (C=O) groups excluding carboxylic acids is 1. The Bertz CT molecular complexity index is 581. The summed E-state index contributed by atoms with van der Waals surface area (Å²) in [5.74, 6) is -1.01. The first kappa shape index (κ1) is 10.2. The summed E-state index contributed by atoms with van der Waals surface area (Å²) in [4.78, 5) is 24.2. The second kappa shape index (κ2) is 4.02. The smallest absolute Gasteiger partial charge is 0.328 e. The second-order valence-electron chi connectivity index (χ2n) is 3.30. The fraction of sp³-hybridized carbons (Fsp3) is 0. The molecule has 4 heteroatoms. The number of H-pyrrole nitrogens is 1. The minimum Gasteiger partial charge on any atom is -0.478 e. The molecule has 2 N–H and O–H groups in total. The Morgan fingerprint density at radius 1 is 1.31 bits per heavy atom. The molecular weight excluding hydrogens is 206 g/mol. The minimum atomic E-state index is -1.01. The van der Waals surface area contributed by atoms with Crippen molar-refractivity contribution in [1.82, 2.24) is 4.98 Å². The van der Waals surface area contributed by atoms with Crippen LogP contribution in [0.5, 0.6) is 0 Å². The van der Waals surface area contributed by atoms with Crippen LogP contribution in [0.15, 0.2) is 30.5 Å². The van der Waals surface area contributed by atoms with Crippen molar-refractivity contribution in [2.45, 2.75) is 0 Å². The lowest BCUT2D eigenvalue weighted by Gasteiger charge is -1.97.